The second-order valence-electron chi connectivity index (χ2n) is 11.8. The average Bonchev–Trinajstić information content (AvgIpc) is 3.23. The quantitative estimate of drug-likeness (QED) is 0.310. The predicted octanol–water partition coefficient (Wildman–Crippen LogP) is 2.57. The van der Waals surface area contributed by atoms with Crippen molar-refractivity contribution in [1.82, 2.24) is 9.80 Å². The molecule has 0 unspecified atom stereocenters. The van der Waals surface area contributed by atoms with Gasteiger partial charge in [-0.2, -0.15) is 0 Å². The van der Waals surface area contributed by atoms with E-state index in [2.05, 4.69) is 0 Å². The molecule has 0 radical (unpaired) electrons. The van der Waals surface area contributed by atoms with E-state index in [4.69, 9.17) is 14.2 Å². The van der Waals surface area contributed by atoms with E-state index >= 15 is 0 Å². The van der Waals surface area contributed by atoms with E-state index in [1.807, 2.05) is 6.07 Å². The monoisotopic (exact) mass is 546 g/mol. The SMILES string of the molecule is CC(C)(C)OC(=O)CC[C@H]1C(=O)N2[C@H](C(=O)OC(C)(C)C)[C@@H](C=O)C[C@H]2[C@@H](O)N1C(=O)OCc1ccccc1. The Morgan fingerprint density at radius 1 is 1.03 bits per heavy atom. The Bertz CT molecular complexity index is 1080. The van der Waals surface area contributed by atoms with Crippen molar-refractivity contribution in [2.75, 3.05) is 0 Å². The zero-order valence-electron chi connectivity index (χ0n) is 23.3. The highest BCUT2D eigenvalue weighted by molar-refractivity contribution is 5.94. The fraction of sp³-hybridized carbons (Fsp3) is 0.607. The molecule has 11 nitrogen and oxygen atoms in total. The molecular formula is C28H38N2O9. The number of hydrogen-bond acceptors (Lipinski definition) is 9. The van der Waals surface area contributed by atoms with Crippen LogP contribution in [0.4, 0.5) is 4.79 Å². The van der Waals surface area contributed by atoms with Crippen molar-refractivity contribution in [2.24, 2.45) is 5.92 Å². The van der Waals surface area contributed by atoms with Crippen LogP contribution in [0.2, 0.25) is 0 Å². The number of amides is 2. The molecule has 2 aliphatic heterocycles. The summed E-state index contributed by atoms with van der Waals surface area (Å²) in [5.74, 6) is -3.02. The van der Waals surface area contributed by atoms with Gasteiger partial charge < -0.3 is 29.0 Å². The Labute approximate surface area is 228 Å². The maximum Gasteiger partial charge on any atom is 0.412 e. The summed E-state index contributed by atoms with van der Waals surface area (Å²) < 4.78 is 16.3. The highest BCUT2D eigenvalue weighted by Crippen LogP contribution is 2.39. The molecule has 2 fully saturated rings. The van der Waals surface area contributed by atoms with Crippen LogP contribution in [-0.2, 0) is 40.0 Å². The summed E-state index contributed by atoms with van der Waals surface area (Å²) in [4.78, 5) is 66.7. The lowest BCUT2D eigenvalue weighted by Gasteiger charge is -2.46. The Kier molecular flexibility index (Phi) is 9.05. The van der Waals surface area contributed by atoms with Crippen LogP contribution >= 0.6 is 0 Å². The number of piperazine rings is 1. The number of aldehydes is 1. The number of hydrogen-bond donors (Lipinski definition) is 1. The van der Waals surface area contributed by atoms with Crippen molar-refractivity contribution in [3.63, 3.8) is 0 Å². The van der Waals surface area contributed by atoms with Gasteiger partial charge in [0.1, 0.15) is 36.2 Å². The summed E-state index contributed by atoms with van der Waals surface area (Å²) in [5.41, 5.74) is -0.952. The topological polar surface area (TPSA) is 140 Å². The zero-order valence-corrected chi connectivity index (χ0v) is 23.3. The minimum absolute atomic E-state index is 0.0540. The van der Waals surface area contributed by atoms with Crippen LogP contribution in [0, 0.1) is 5.92 Å². The van der Waals surface area contributed by atoms with Crippen molar-refractivity contribution < 1.29 is 43.3 Å². The van der Waals surface area contributed by atoms with E-state index in [9.17, 15) is 29.1 Å². The highest BCUT2D eigenvalue weighted by atomic mass is 16.6. The van der Waals surface area contributed by atoms with Gasteiger partial charge in [-0.3, -0.25) is 14.5 Å². The van der Waals surface area contributed by atoms with Crippen LogP contribution in [0.3, 0.4) is 0 Å². The van der Waals surface area contributed by atoms with Gasteiger partial charge in [0.15, 0.2) is 6.23 Å². The number of rotatable bonds is 7. The summed E-state index contributed by atoms with van der Waals surface area (Å²) >= 11 is 0. The molecule has 3 rings (SSSR count). The Balaban J connectivity index is 1.91. The van der Waals surface area contributed by atoms with Gasteiger partial charge in [0.2, 0.25) is 5.91 Å². The van der Waals surface area contributed by atoms with E-state index in [1.165, 1.54) is 0 Å². The second kappa shape index (κ2) is 11.7. The van der Waals surface area contributed by atoms with Gasteiger partial charge in [0.25, 0.3) is 0 Å². The van der Waals surface area contributed by atoms with Crippen LogP contribution in [0.1, 0.15) is 66.4 Å². The highest BCUT2D eigenvalue weighted by Gasteiger charge is 2.59. The van der Waals surface area contributed by atoms with E-state index in [0.29, 0.717) is 11.8 Å². The second-order valence-corrected chi connectivity index (χ2v) is 11.8. The number of carbonyl (C=O) groups is 5. The molecule has 0 spiro atoms. The largest absolute Gasteiger partial charge is 0.460 e. The first-order valence-corrected chi connectivity index (χ1v) is 13.0. The first kappa shape index (κ1) is 30.1. The molecule has 39 heavy (non-hydrogen) atoms. The third-order valence-corrected chi connectivity index (χ3v) is 6.36. The lowest BCUT2D eigenvalue weighted by Crippen LogP contribution is -2.68. The summed E-state index contributed by atoms with van der Waals surface area (Å²) in [6.07, 6.45) is -2.49. The van der Waals surface area contributed by atoms with E-state index in [-0.39, 0.29) is 25.9 Å². The molecule has 5 atom stereocenters. The summed E-state index contributed by atoms with van der Waals surface area (Å²) in [7, 11) is 0. The van der Waals surface area contributed by atoms with Crippen molar-refractivity contribution in [2.45, 2.75) is 103 Å². The van der Waals surface area contributed by atoms with Crippen LogP contribution in [0.25, 0.3) is 0 Å². The number of carbonyl (C=O) groups excluding carboxylic acids is 5. The lowest BCUT2D eigenvalue weighted by molar-refractivity contribution is -0.178. The Morgan fingerprint density at radius 3 is 2.21 bits per heavy atom. The molecule has 0 bridgehead atoms. The number of nitrogens with zero attached hydrogens (tertiary/aromatic N) is 2. The molecule has 1 aromatic carbocycles. The first-order valence-electron chi connectivity index (χ1n) is 13.0. The van der Waals surface area contributed by atoms with Gasteiger partial charge >= 0.3 is 18.0 Å². The fourth-order valence-corrected chi connectivity index (χ4v) is 4.88. The Morgan fingerprint density at radius 2 is 1.64 bits per heavy atom. The number of aliphatic hydroxyl groups is 1. The third kappa shape index (κ3) is 7.35. The molecule has 2 saturated heterocycles. The summed E-state index contributed by atoms with van der Waals surface area (Å²) in [5, 5.41) is 11.3. The molecule has 214 valence electrons. The maximum atomic E-state index is 13.9. The van der Waals surface area contributed by atoms with Crippen LogP contribution in [-0.4, -0.2) is 80.7 Å². The number of ether oxygens (including phenoxy) is 3. The molecule has 1 aromatic rings. The predicted molar refractivity (Wildman–Crippen MR) is 138 cm³/mol. The zero-order chi connectivity index (χ0) is 29.1. The molecule has 1 N–H and O–H groups in total. The minimum atomic E-state index is -1.59. The van der Waals surface area contributed by atoms with E-state index in [0.717, 1.165) is 9.80 Å². The molecule has 0 aromatic heterocycles. The number of benzene rings is 1. The van der Waals surface area contributed by atoms with Crippen molar-refractivity contribution in [3.8, 4) is 0 Å². The van der Waals surface area contributed by atoms with Gasteiger partial charge in [-0.15, -0.1) is 0 Å². The van der Waals surface area contributed by atoms with Gasteiger partial charge in [-0.05, 0) is 59.9 Å². The van der Waals surface area contributed by atoms with Crippen molar-refractivity contribution in [3.05, 3.63) is 35.9 Å². The molecule has 0 aliphatic carbocycles. The average molecular weight is 547 g/mol. The number of aliphatic hydroxyl groups excluding tert-OH is 1. The third-order valence-electron chi connectivity index (χ3n) is 6.36. The lowest BCUT2D eigenvalue weighted by atomic mass is 9.99. The van der Waals surface area contributed by atoms with Gasteiger partial charge in [0, 0.05) is 12.3 Å². The van der Waals surface area contributed by atoms with Crippen LogP contribution in [0.15, 0.2) is 30.3 Å². The standard InChI is InChI=1S/C28H38N2O9/c1-27(2,3)38-21(32)13-12-19-23(33)29-20(14-18(15-31)22(29)25(35)39-28(4,5)6)24(34)30(19)26(36)37-16-17-10-8-7-9-11-17/h7-11,15,18-20,22,24,34H,12-14,16H2,1-6H3/t18-,19+,20+,22+,24-/m1/s1. The summed E-state index contributed by atoms with van der Waals surface area (Å²) in [6, 6.07) is 5.20. The number of esters is 2. The first-order chi connectivity index (χ1) is 18.1. The van der Waals surface area contributed by atoms with Crippen LogP contribution < -0.4 is 0 Å². The number of fused-ring (bicyclic) bond motifs is 1. The van der Waals surface area contributed by atoms with Gasteiger partial charge in [-0.25, -0.2) is 9.59 Å². The molecule has 2 heterocycles. The molecule has 2 aliphatic rings. The minimum Gasteiger partial charge on any atom is -0.460 e. The molecule has 2 amide bonds. The molecule has 11 heteroatoms. The summed E-state index contributed by atoms with van der Waals surface area (Å²) in [6.45, 7) is 9.98. The van der Waals surface area contributed by atoms with Gasteiger partial charge in [-0.1, -0.05) is 30.3 Å². The van der Waals surface area contributed by atoms with Gasteiger partial charge in [0.05, 0.1) is 6.04 Å². The van der Waals surface area contributed by atoms with E-state index in [1.54, 1.807) is 65.8 Å². The smallest absolute Gasteiger partial charge is 0.412 e. The fourth-order valence-electron chi connectivity index (χ4n) is 4.88. The normalized spacial score (nSPS) is 25.1. The van der Waals surface area contributed by atoms with E-state index < -0.39 is 65.4 Å². The molecule has 0 saturated carbocycles. The Hall–Kier alpha value is -3.47. The van der Waals surface area contributed by atoms with Crippen molar-refractivity contribution >= 4 is 30.2 Å². The molecular weight excluding hydrogens is 508 g/mol. The maximum absolute atomic E-state index is 13.9. The van der Waals surface area contributed by atoms with Crippen molar-refractivity contribution in [1.29, 1.82) is 0 Å². The van der Waals surface area contributed by atoms with Crippen LogP contribution in [0.5, 0.6) is 0 Å².